The van der Waals surface area contributed by atoms with Crippen molar-refractivity contribution in [2.24, 2.45) is 0 Å². The highest BCUT2D eigenvalue weighted by Gasteiger charge is 2.44. The Morgan fingerprint density at radius 2 is 1.94 bits per heavy atom. The Balaban J connectivity index is 1.90. The Morgan fingerprint density at radius 1 is 1.18 bits per heavy atom. The van der Waals surface area contributed by atoms with E-state index < -0.39 is 23.6 Å². The van der Waals surface area contributed by atoms with Crippen molar-refractivity contribution >= 4 is 46.6 Å². The van der Waals surface area contributed by atoms with Crippen LogP contribution >= 0.6 is 34.8 Å². The highest BCUT2D eigenvalue weighted by molar-refractivity contribution is 6.35. The second-order valence-electron chi connectivity index (χ2n) is 7.97. The maximum atomic E-state index is 14.7. The third-order valence-corrected chi connectivity index (χ3v) is 6.92. The van der Waals surface area contributed by atoms with Crippen molar-refractivity contribution in [1.82, 2.24) is 5.32 Å². The van der Waals surface area contributed by atoms with E-state index in [4.69, 9.17) is 39.5 Å². The van der Waals surface area contributed by atoms with E-state index in [0.29, 0.717) is 45.4 Å². The number of allylic oxidation sites excluding steroid dienone is 3. The maximum absolute atomic E-state index is 14.7. The van der Waals surface area contributed by atoms with Crippen LogP contribution in [-0.4, -0.2) is 18.4 Å². The van der Waals surface area contributed by atoms with Gasteiger partial charge in [0, 0.05) is 43.5 Å². The minimum atomic E-state index is -0.786. The summed E-state index contributed by atoms with van der Waals surface area (Å²) in [6.07, 6.45) is 0.861. The van der Waals surface area contributed by atoms with E-state index in [-0.39, 0.29) is 28.5 Å². The van der Waals surface area contributed by atoms with Crippen LogP contribution in [0.25, 0.3) is 0 Å². The van der Waals surface area contributed by atoms with Gasteiger partial charge in [-0.2, -0.15) is 0 Å². The Labute approximate surface area is 206 Å². The second kappa shape index (κ2) is 9.49. The SMILES string of the molecule is CCOC(=O)C1=C(C)NC2=C(C(=O)[C@H](c3c(F)cccc3Cl)CC2)[C@H]1c1ccc(Cl)cc1Cl. The van der Waals surface area contributed by atoms with E-state index in [1.807, 2.05) is 0 Å². The first kappa shape index (κ1) is 23.8. The van der Waals surface area contributed by atoms with Gasteiger partial charge in [0.15, 0.2) is 5.78 Å². The van der Waals surface area contributed by atoms with Gasteiger partial charge in [0.25, 0.3) is 0 Å². The van der Waals surface area contributed by atoms with E-state index in [2.05, 4.69) is 5.32 Å². The summed E-state index contributed by atoms with van der Waals surface area (Å²) in [7, 11) is 0. The number of ether oxygens (including phenoxy) is 1. The van der Waals surface area contributed by atoms with Gasteiger partial charge in [-0.25, -0.2) is 9.18 Å². The van der Waals surface area contributed by atoms with Gasteiger partial charge in [-0.1, -0.05) is 46.9 Å². The van der Waals surface area contributed by atoms with Gasteiger partial charge in [-0.05, 0) is 56.5 Å². The van der Waals surface area contributed by atoms with E-state index >= 15 is 0 Å². The topological polar surface area (TPSA) is 55.4 Å². The standard InChI is InChI=1S/C25H21Cl3FNO3/c1-3-33-25(32)20-12(2)30-19-10-9-15(21-16(27)5-4-6-18(21)29)24(31)23(19)22(20)14-8-7-13(26)11-17(14)28/h4-8,11,15,22,30H,3,9-10H2,1-2H3/t15-,22-/m0/s1. The maximum Gasteiger partial charge on any atom is 0.336 e. The Hall–Kier alpha value is -2.34. The summed E-state index contributed by atoms with van der Waals surface area (Å²) in [6, 6.07) is 9.28. The molecule has 0 aromatic heterocycles. The summed E-state index contributed by atoms with van der Waals surface area (Å²) in [5, 5.41) is 4.15. The lowest BCUT2D eigenvalue weighted by Gasteiger charge is -2.37. The quantitative estimate of drug-likeness (QED) is 0.466. The molecule has 33 heavy (non-hydrogen) atoms. The van der Waals surface area contributed by atoms with Crippen molar-refractivity contribution in [2.75, 3.05) is 6.61 Å². The van der Waals surface area contributed by atoms with Crippen LogP contribution in [0, 0.1) is 5.82 Å². The highest BCUT2D eigenvalue weighted by Crippen LogP contribution is 2.48. The van der Waals surface area contributed by atoms with Crippen LogP contribution in [0.3, 0.4) is 0 Å². The van der Waals surface area contributed by atoms with Crippen molar-refractivity contribution in [3.63, 3.8) is 0 Å². The molecule has 0 spiro atoms. The number of dihydropyridines is 1. The van der Waals surface area contributed by atoms with Crippen LogP contribution in [0.1, 0.15) is 49.7 Å². The summed E-state index contributed by atoms with van der Waals surface area (Å²) in [6.45, 7) is 3.64. The van der Waals surface area contributed by atoms with Gasteiger partial charge >= 0.3 is 5.97 Å². The van der Waals surface area contributed by atoms with Crippen LogP contribution in [-0.2, 0) is 14.3 Å². The molecule has 0 bridgehead atoms. The number of hydrogen-bond donors (Lipinski definition) is 1. The summed E-state index contributed by atoms with van der Waals surface area (Å²) in [5.74, 6) is -2.96. The molecule has 172 valence electrons. The molecule has 0 unspecified atom stereocenters. The van der Waals surface area contributed by atoms with Gasteiger partial charge < -0.3 is 10.1 Å². The minimum Gasteiger partial charge on any atom is -0.463 e. The first-order valence-corrected chi connectivity index (χ1v) is 11.7. The molecule has 0 saturated carbocycles. The molecular weight excluding hydrogens is 488 g/mol. The summed E-state index contributed by atoms with van der Waals surface area (Å²) < 4.78 is 20.1. The van der Waals surface area contributed by atoms with Crippen LogP contribution in [0.5, 0.6) is 0 Å². The Kier molecular flexibility index (Phi) is 6.85. The lowest BCUT2D eigenvalue weighted by Crippen LogP contribution is -2.37. The average molecular weight is 509 g/mol. The van der Waals surface area contributed by atoms with Crippen LogP contribution in [0.4, 0.5) is 4.39 Å². The number of Topliss-reactive ketones (excluding diaryl/α,β-unsaturated/α-hetero) is 1. The number of nitrogens with one attached hydrogen (secondary N) is 1. The third-order valence-electron chi connectivity index (χ3n) is 6.03. The van der Waals surface area contributed by atoms with Gasteiger partial charge in [0.05, 0.1) is 18.1 Å². The molecule has 2 aromatic rings. The zero-order chi connectivity index (χ0) is 23.9. The zero-order valence-corrected chi connectivity index (χ0v) is 20.2. The lowest BCUT2D eigenvalue weighted by molar-refractivity contribution is -0.138. The largest absolute Gasteiger partial charge is 0.463 e. The second-order valence-corrected chi connectivity index (χ2v) is 9.22. The predicted octanol–water partition coefficient (Wildman–Crippen LogP) is 6.71. The van der Waals surface area contributed by atoms with Gasteiger partial charge in [-0.3, -0.25) is 4.79 Å². The molecule has 1 heterocycles. The number of halogens is 4. The first-order chi connectivity index (χ1) is 15.7. The van der Waals surface area contributed by atoms with Gasteiger partial charge in [0.2, 0.25) is 0 Å². The smallest absolute Gasteiger partial charge is 0.336 e. The molecule has 1 aliphatic carbocycles. The van der Waals surface area contributed by atoms with E-state index in [1.54, 1.807) is 38.1 Å². The van der Waals surface area contributed by atoms with E-state index in [0.717, 1.165) is 0 Å². The molecule has 1 aliphatic heterocycles. The van der Waals surface area contributed by atoms with Crippen molar-refractivity contribution in [2.45, 2.75) is 38.5 Å². The summed E-state index contributed by atoms with van der Waals surface area (Å²) >= 11 is 18.9. The fourth-order valence-electron chi connectivity index (χ4n) is 4.64. The predicted molar refractivity (Wildman–Crippen MR) is 127 cm³/mol. The third kappa shape index (κ3) is 4.30. The first-order valence-electron chi connectivity index (χ1n) is 10.6. The molecule has 0 amide bonds. The number of ketones is 1. The zero-order valence-electron chi connectivity index (χ0n) is 18.0. The molecule has 2 aromatic carbocycles. The van der Waals surface area contributed by atoms with E-state index in [9.17, 15) is 14.0 Å². The van der Waals surface area contributed by atoms with Crippen LogP contribution < -0.4 is 5.32 Å². The average Bonchev–Trinajstić information content (AvgIpc) is 2.74. The highest BCUT2D eigenvalue weighted by atomic mass is 35.5. The van der Waals surface area contributed by atoms with Gasteiger partial charge in [0.1, 0.15) is 5.82 Å². The summed E-state index contributed by atoms with van der Waals surface area (Å²) in [5.41, 5.74) is 2.63. The molecule has 2 atom stereocenters. The molecule has 0 fully saturated rings. The molecule has 4 rings (SSSR count). The normalized spacial score (nSPS) is 20.5. The molecule has 0 saturated heterocycles. The number of carbonyl (C=O) groups is 2. The molecule has 0 radical (unpaired) electrons. The number of hydrogen-bond acceptors (Lipinski definition) is 4. The van der Waals surface area contributed by atoms with Crippen molar-refractivity contribution in [3.8, 4) is 0 Å². The fourth-order valence-corrected chi connectivity index (χ4v) is 5.45. The Morgan fingerprint density at radius 3 is 2.61 bits per heavy atom. The summed E-state index contributed by atoms with van der Waals surface area (Å²) in [4.78, 5) is 26.9. The van der Waals surface area contributed by atoms with Crippen molar-refractivity contribution in [3.05, 3.63) is 91.0 Å². The number of carbonyl (C=O) groups excluding carboxylic acids is 2. The molecule has 1 N–H and O–H groups in total. The fraction of sp³-hybridized carbons (Fsp3) is 0.280. The number of esters is 1. The minimum absolute atomic E-state index is 0.167. The van der Waals surface area contributed by atoms with Crippen molar-refractivity contribution < 1.29 is 18.7 Å². The number of benzene rings is 2. The van der Waals surface area contributed by atoms with Crippen LogP contribution in [0.15, 0.2) is 58.9 Å². The van der Waals surface area contributed by atoms with Crippen molar-refractivity contribution in [1.29, 1.82) is 0 Å². The molecule has 2 aliphatic rings. The monoisotopic (exact) mass is 507 g/mol. The van der Waals surface area contributed by atoms with Crippen LogP contribution in [0.2, 0.25) is 15.1 Å². The molecule has 4 nitrogen and oxygen atoms in total. The molecular formula is C25H21Cl3FNO3. The number of rotatable bonds is 4. The molecule has 8 heteroatoms. The van der Waals surface area contributed by atoms with Gasteiger partial charge in [-0.15, -0.1) is 0 Å². The lowest BCUT2D eigenvalue weighted by atomic mass is 9.70. The van der Waals surface area contributed by atoms with E-state index in [1.165, 1.54) is 12.1 Å². The Bertz CT molecular complexity index is 1200.